The monoisotopic (exact) mass is 589 g/mol. The third-order valence-corrected chi connectivity index (χ3v) is 8.61. The smallest absolute Gasteiger partial charge is 0.264 e. The second kappa shape index (κ2) is 13.8. The van der Waals surface area contributed by atoms with E-state index in [0.717, 1.165) is 15.4 Å². The zero-order valence-electron chi connectivity index (χ0n) is 22.2. The van der Waals surface area contributed by atoms with E-state index in [-0.39, 0.29) is 33.1 Å². The van der Waals surface area contributed by atoms with Crippen molar-refractivity contribution in [3.05, 3.63) is 94.0 Å². The number of benzene rings is 3. The van der Waals surface area contributed by atoms with E-state index in [4.69, 9.17) is 23.2 Å². The molecule has 0 fully saturated rings. The van der Waals surface area contributed by atoms with E-state index in [1.807, 2.05) is 44.2 Å². The van der Waals surface area contributed by atoms with Crippen LogP contribution in [0.2, 0.25) is 10.0 Å². The second-order valence-electron chi connectivity index (χ2n) is 9.06. The first kappa shape index (κ1) is 30.5. The van der Waals surface area contributed by atoms with Gasteiger partial charge in [0.1, 0.15) is 12.6 Å². The Hall–Kier alpha value is -3.07. The number of amides is 2. The van der Waals surface area contributed by atoms with Crippen molar-refractivity contribution in [2.75, 3.05) is 23.9 Å². The molecule has 0 aliphatic carbocycles. The van der Waals surface area contributed by atoms with E-state index in [2.05, 4.69) is 5.32 Å². The number of rotatable bonds is 12. The molecule has 0 unspecified atom stereocenters. The molecule has 0 radical (unpaired) electrons. The summed E-state index contributed by atoms with van der Waals surface area (Å²) in [5.74, 6) is -0.828. The Bertz CT molecular complexity index is 1380. The lowest BCUT2D eigenvalue weighted by atomic mass is 10.1. The van der Waals surface area contributed by atoms with Crippen molar-refractivity contribution in [1.82, 2.24) is 10.2 Å². The van der Waals surface area contributed by atoms with Crippen LogP contribution in [0.5, 0.6) is 0 Å². The largest absolute Gasteiger partial charge is 0.355 e. The van der Waals surface area contributed by atoms with Crippen molar-refractivity contribution in [2.24, 2.45) is 0 Å². The summed E-state index contributed by atoms with van der Waals surface area (Å²) >= 11 is 12.7. The number of aryl methyl sites for hydroxylation is 1. The van der Waals surface area contributed by atoms with Crippen molar-refractivity contribution in [2.45, 2.75) is 44.6 Å². The second-order valence-corrected chi connectivity index (χ2v) is 11.8. The number of halogens is 2. The zero-order chi connectivity index (χ0) is 28.6. The molecule has 3 rings (SSSR count). The molecule has 3 aromatic carbocycles. The van der Waals surface area contributed by atoms with Crippen LogP contribution < -0.4 is 9.62 Å². The molecule has 0 aliphatic heterocycles. The molecule has 0 saturated carbocycles. The standard InChI is InChI=1S/C29H33Cl2N3O4S/c1-4-26(29(36)32-5-2)33(18-17-22-9-7-6-8-10-22)28(35)20-34(27-19-23(30)13-16-25(27)31)39(37,38)24-14-11-21(3)12-15-24/h6-16,19,26H,4-5,17-18,20H2,1-3H3,(H,32,36)/t26-/m1/s1. The summed E-state index contributed by atoms with van der Waals surface area (Å²) in [6.07, 6.45) is 0.847. The molecular formula is C29H33Cl2N3O4S. The quantitative estimate of drug-likeness (QED) is 0.303. The van der Waals surface area contributed by atoms with Gasteiger partial charge in [0.15, 0.2) is 0 Å². The van der Waals surface area contributed by atoms with Crippen molar-refractivity contribution in [3.8, 4) is 0 Å². The Kier molecular flexibility index (Phi) is 10.8. The van der Waals surface area contributed by atoms with Crippen molar-refractivity contribution >= 4 is 50.7 Å². The van der Waals surface area contributed by atoms with Crippen LogP contribution in [-0.2, 0) is 26.0 Å². The molecule has 1 N–H and O–H groups in total. The van der Waals surface area contributed by atoms with Gasteiger partial charge in [0.25, 0.3) is 10.0 Å². The predicted molar refractivity (Wildman–Crippen MR) is 157 cm³/mol. The van der Waals surface area contributed by atoms with E-state index in [1.54, 1.807) is 25.1 Å². The molecule has 0 aliphatic rings. The highest BCUT2D eigenvalue weighted by Crippen LogP contribution is 2.33. The zero-order valence-corrected chi connectivity index (χ0v) is 24.6. The van der Waals surface area contributed by atoms with Gasteiger partial charge in [0.05, 0.1) is 15.6 Å². The van der Waals surface area contributed by atoms with Gasteiger partial charge in [-0.15, -0.1) is 0 Å². The van der Waals surface area contributed by atoms with Crippen LogP contribution >= 0.6 is 23.2 Å². The van der Waals surface area contributed by atoms with Gasteiger partial charge in [0, 0.05) is 18.1 Å². The molecule has 2 amide bonds. The van der Waals surface area contributed by atoms with Gasteiger partial charge < -0.3 is 10.2 Å². The summed E-state index contributed by atoms with van der Waals surface area (Å²) in [5.41, 5.74) is 1.95. The molecule has 3 aromatic rings. The number of nitrogens with zero attached hydrogens (tertiary/aromatic N) is 2. The lowest BCUT2D eigenvalue weighted by molar-refractivity contribution is -0.139. The van der Waals surface area contributed by atoms with Crippen molar-refractivity contribution in [1.29, 1.82) is 0 Å². The fraction of sp³-hybridized carbons (Fsp3) is 0.310. The third-order valence-electron chi connectivity index (χ3n) is 6.29. The summed E-state index contributed by atoms with van der Waals surface area (Å²) in [6, 6.07) is 19.6. The molecule has 208 valence electrons. The van der Waals surface area contributed by atoms with E-state index >= 15 is 0 Å². The molecule has 1 atom stereocenters. The normalized spacial score (nSPS) is 12.0. The van der Waals surface area contributed by atoms with Crippen LogP contribution in [0.1, 0.15) is 31.4 Å². The summed E-state index contributed by atoms with van der Waals surface area (Å²) < 4.78 is 28.8. The molecule has 0 heterocycles. The van der Waals surface area contributed by atoms with Crippen molar-refractivity contribution < 1.29 is 18.0 Å². The maximum absolute atomic E-state index is 13.9. The Labute approximate surface area is 240 Å². The number of hydrogen-bond acceptors (Lipinski definition) is 4. The lowest BCUT2D eigenvalue weighted by Gasteiger charge is -2.33. The molecule has 0 aromatic heterocycles. The average Bonchev–Trinajstić information content (AvgIpc) is 2.91. The highest BCUT2D eigenvalue weighted by Gasteiger charge is 2.34. The fourth-order valence-corrected chi connectivity index (χ4v) is 6.08. The number of anilines is 1. The van der Waals surface area contributed by atoms with Crippen molar-refractivity contribution in [3.63, 3.8) is 0 Å². The molecule has 10 heteroatoms. The summed E-state index contributed by atoms with van der Waals surface area (Å²) in [6.45, 7) is 5.53. The van der Waals surface area contributed by atoms with Gasteiger partial charge in [-0.2, -0.15) is 0 Å². The molecule has 0 saturated heterocycles. The molecule has 0 bridgehead atoms. The van der Waals surface area contributed by atoms with Crippen LogP contribution in [-0.4, -0.2) is 50.8 Å². The Balaban J connectivity index is 2.05. The highest BCUT2D eigenvalue weighted by molar-refractivity contribution is 7.92. The van der Waals surface area contributed by atoms with E-state index < -0.39 is 28.5 Å². The predicted octanol–water partition coefficient (Wildman–Crippen LogP) is 5.48. The number of carbonyl (C=O) groups excluding carboxylic acids is 2. The fourth-order valence-electron chi connectivity index (χ4n) is 4.22. The first-order valence-corrected chi connectivity index (χ1v) is 14.9. The maximum atomic E-state index is 13.9. The number of nitrogens with one attached hydrogen (secondary N) is 1. The molecular weight excluding hydrogens is 557 g/mol. The average molecular weight is 591 g/mol. The SMILES string of the molecule is CCNC(=O)[C@@H](CC)N(CCc1ccccc1)C(=O)CN(c1cc(Cl)ccc1Cl)S(=O)(=O)c1ccc(C)cc1. The van der Waals surface area contributed by atoms with Gasteiger partial charge in [0.2, 0.25) is 11.8 Å². The minimum Gasteiger partial charge on any atom is -0.355 e. The van der Waals surface area contributed by atoms with Gasteiger partial charge in [-0.1, -0.05) is 78.2 Å². The summed E-state index contributed by atoms with van der Waals surface area (Å²) in [7, 11) is -4.23. The number of hydrogen-bond donors (Lipinski definition) is 1. The number of carbonyl (C=O) groups is 2. The Morgan fingerprint density at radius 2 is 1.62 bits per heavy atom. The van der Waals surface area contributed by atoms with Gasteiger partial charge >= 0.3 is 0 Å². The Morgan fingerprint density at radius 1 is 0.949 bits per heavy atom. The van der Waals surface area contributed by atoms with Gasteiger partial charge in [-0.05, 0) is 62.6 Å². The summed E-state index contributed by atoms with van der Waals surface area (Å²) in [5, 5.41) is 3.17. The van der Waals surface area contributed by atoms with E-state index in [0.29, 0.717) is 19.4 Å². The summed E-state index contributed by atoms with van der Waals surface area (Å²) in [4.78, 5) is 28.4. The molecule has 39 heavy (non-hydrogen) atoms. The first-order chi connectivity index (χ1) is 18.6. The minimum absolute atomic E-state index is 0.00328. The third kappa shape index (κ3) is 7.75. The molecule has 7 nitrogen and oxygen atoms in total. The topological polar surface area (TPSA) is 86.8 Å². The number of sulfonamides is 1. The van der Waals surface area contributed by atoms with E-state index in [1.165, 1.54) is 29.2 Å². The minimum atomic E-state index is -4.23. The lowest BCUT2D eigenvalue weighted by Crippen LogP contribution is -2.53. The van der Waals surface area contributed by atoms with Gasteiger partial charge in [-0.25, -0.2) is 8.42 Å². The van der Waals surface area contributed by atoms with Crippen LogP contribution in [0.15, 0.2) is 77.7 Å². The highest BCUT2D eigenvalue weighted by atomic mass is 35.5. The van der Waals surface area contributed by atoms with Gasteiger partial charge in [-0.3, -0.25) is 13.9 Å². The first-order valence-electron chi connectivity index (χ1n) is 12.7. The van der Waals surface area contributed by atoms with Crippen LogP contribution in [0.3, 0.4) is 0 Å². The molecule has 0 spiro atoms. The Morgan fingerprint density at radius 3 is 2.23 bits per heavy atom. The number of likely N-dealkylation sites (N-methyl/N-ethyl adjacent to an activating group) is 1. The van der Waals surface area contributed by atoms with Crippen LogP contribution in [0.25, 0.3) is 0 Å². The van der Waals surface area contributed by atoms with Crippen LogP contribution in [0.4, 0.5) is 5.69 Å². The van der Waals surface area contributed by atoms with E-state index in [9.17, 15) is 18.0 Å². The maximum Gasteiger partial charge on any atom is 0.264 e. The van der Waals surface area contributed by atoms with Crippen LogP contribution in [0, 0.1) is 6.92 Å².